The minimum Gasteiger partial charge on any atom is -0.598 e. The van der Waals surface area contributed by atoms with Gasteiger partial charge in [0.25, 0.3) is 0 Å². The van der Waals surface area contributed by atoms with E-state index in [4.69, 9.17) is 0 Å². The van der Waals surface area contributed by atoms with Crippen molar-refractivity contribution in [2.45, 2.75) is 38.5 Å². The topological polar surface area (TPSA) is 35.1 Å². The molecular weight excluding hydrogens is 324 g/mol. The lowest BCUT2D eigenvalue weighted by Gasteiger charge is -2.26. The van der Waals surface area contributed by atoms with Crippen LogP contribution in [-0.2, 0) is 11.4 Å². The van der Waals surface area contributed by atoms with Gasteiger partial charge in [-0.25, -0.2) is 8.78 Å². The van der Waals surface area contributed by atoms with Crippen LogP contribution in [0, 0.1) is 11.6 Å². The summed E-state index contributed by atoms with van der Waals surface area (Å²) in [5, 5.41) is 0. The van der Waals surface area contributed by atoms with Gasteiger partial charge in [-0.2, -0.15) is 0 Å². The smallest absolute Gasteiger partial charge is 0.140 e. The molecule has 2 nitrogen and oxygen atoms in total. The lowest BCUT2D eigenvalue weighted by Crippen LogP contribution is -2.40. The molecule has 1 N–H and O–H groups in total. The largest absolute Gasteiger partial charge is 0.598 e. The summed E-state index contributed by atoms with van der Waals surface area (Å²) in [6, 6.07) is 2.05. The SMILES string of the molecule is C[C@@H](N[S+]([O-])C(C)(C)C)c1cc(F)c(Br)c(F)c1. The van der Waals surface area contributed by atoms with E-state index in [9.17, 15) is 13.3 Å². The summed E-state index contributed by atoms with van der Waals surface area (Å²) in [5.41, 5.74) is 0.422. The first-order chi connectivity index (χ1) is 8.12. The standard InChI is InChI=1S/C12H16BrF2NOS/c1-7(16-18(17)12(2,3)4)8-5-9(14)11(13)10(15)6-8/h5-7,16H,1-4H3/t7-,18?/m1/s1. The normalized spacial score (nSPS) is 15.6. The summed E-state index contributed by atoms with van der Waals surface area (Å²) in [6.45, 7) is 7.19. The van der Waals surface area contributed by atoms with Crippen LogP contribution in [0.2, 0.25) is 0 Å². The third kappa shape index (κ3) is 3.91. The molecule has 0 saturated heterocycles. The van der Waals surface area contributed by atoms with Crippen molar-refractivity contribution in [2.24, 2.45) is 0 Å². The van der Waals surface area contributed by atoms with E-state index in [1.54, 1.807) is 6.92 Å². The van der Waals surface area contributed by atoms with Crippen LogP contribution < -0.4 is 4.72 Å². The molecule has 1 rings (SSSR count). The zero-order chi connectivity index (χ0) is 14.1. The van der Waals surface area contributed by atoms with Crippen LogP contribution in [0.15, 0.2) is 16.6 Å². The van der Waals surface area contributed by atoms with Gasteiger partial charge in [-0.05, 0) is 61.3 Å². The molecule has 18 heavy (non-hydrogen) atoms. The fourth-order valence-corrected chi connectivity index (χ4v) is 2.27. The third-order valence-electron chi connectivity index (χ3n) is 2.35. The Morgan fingerprint density at radius 1 is 1.28 bits per heavy atom. The molecule has 0 aliphatic heterocycles. The molecule has 0 aliphatic carbocycles. The van der Waals surface area contributed by atoms with E-state index in [1.165, 1.54) is 12.1 Å². The lowest BCUT2D eigenvalue weighted by molar-refractivity contribution is 0.526. The van der Waals surface area contributed by atoms with Gasteiger partial charge < -0.3 is 4.55 Å². The molecule has 0 radical (unpaired) electrons. The molecule has 0 aliphatic rings. The van der Waals surface area contributed by atoms with Crippen LogP contribution in [0.5, 0.6) is 0 Å². The minimum atomic E-state index is -1.29. The lowest BCUT2D eigenvalue weighted by atomic mass is 10.1. The predicted octanol–water partition coefficient (Wildman–Crippen LogP) is 3.84. The van der Waals surface area contributed by atoms with Crippen LogP contribution in [-0.4, -0.2) is 9.30 Å². The maximum atomic E-state index is 13.4. The Morgan fingerprint density at radius 3 is 2.11 bits per heavy atom. The highest BCUT2D eigenvalue weighted by Crippen LogP contribution is 2.25. The van der Waals surface area contributed by atoms with E-state index >= 15 is 0 Å². The second kappa shape index (κ2) is 5.86. The molecule has 0 aromatic heterocycles. The molecule has 0 saturated carbocycles. The van der Waals surface area contributed by atoms with E-state index in [0.717, 1.165) is 0 Å². The molecule has 6 heteroatoms. The number of halogens is 3. The highest BCUT2D eigenvalue weighted by molar-refractivity contribution is 9.10. The molecule has 1 aromatic rings. The van der Waals surface area contributed by atoms with E-state index in [2.05, 4.69) is 20.7 Å². The fraction of sp³-hybridized carbons (Fsp3) is 0.500. The van der Waals surface area contributed by atoms with Gasteiger partial charge in [0.2, 0.25) is 0 Å². The van der Waals surface area contributed by atoms with Gasteiger partial charge in [0.05, 0.1) is 10.5 Å². The van der Waals surface area contributed by atoms with E-state index in [1.807, 2.05) is 20.8 Å². The van der Waals surface area contributed by atoms with Crippen molar-refractivity contribution in [1.29, 1.82) is 0 Å². The second-order valence-corrected chi connectivity index (χ2v) is 7.81. The average molecular weight is 340 g/mol. The number of rotatable bonds is 3. The number of nitrogens with one attached hydrogen (secondary N) is 1. The zero-order valence-corrected chi connectivity index (χ0v) is 13.1. The van der Waals surface area contributed by atoms with Crippen molar-refractivity contribution in [1.82, 2.24) is 4.72 Å². The van der Waals surface area contributed by atoms with Gasteiger partial charge in [-0.15, -0.1) is 4.72 Å². The Labute approximate surface area is 118 Å². The minimum absolute atomic E-state index is 0.185. The Balaban J connectivity index is 2.88. The summed E-state index contributed by atoms with van der Waals surface area (Å²) in [7, 11) is 0. The first kappa shape index (κ1) is 15.9. The first-order valence-corrected chi connectivity index (χ1v) is 7.39. The van der Waals surface area contributed by atoms with Gasteiger partial charge in [0, 0.05) is 11.4 Å². The highest BCUT2D eigenvalue weighted by atomic mass is 79.9. The average Bonchev–Trinajstić information content (AvgIpc) is 2.23. The Kier molecular flexibility index (Phi) is 5.17. The Hall–Kier alpha value is -0.170. The summed E-state index contributed by atoms with van der Waals surface area (Å²) < 4.78 is 40.9. The van der Waals surface area contributed by atoms with E-state index in [-0.39, 0.29) is 4.47 Å². The molecule has 0 heterocycles. The van der Waals surface area contributed by atoms with Gasteiger partial charge in [0.1, 0.15) is 16.4 Å². The van der Waals surface area contributed by atoms with Crippen LogP contribution in [0.1, 0.15) is 39.3 Å². The van der Waals surface area contributed by atoms with Crippen molar-refractivity contribution >= 4 is 27.3 Å². The molecule has 0 bridgehead atoms. The van der Waals surface area contributed by atoms with E-state index < -0.39 is 33.8 Å². The van der Waals surface area contributed by atoms with Crippen molar-refractivity contribution in [3.8, 4) is 0 Å². The maximum Gasteiger partial charge on any atom is 0.140 e. The second-order valence-electron chi connectivity index (χ2n) is 5.02. The van der Waals surface area contributed by atoms with Gasteiger partial charge in [0.15, 0.2) is 0 Å². The monoisotopic (exact) mass is 339 g/mol. The number of hydrogen-bond donors (Lipinski definition) is 1. The van der Waals surface area contributed by atoms with Crippen molar-refractivity contribution < 1.29 is 13.3 Å². The van der Waals surface area contributed by atoms with Gasteiger partial charge in [-0.1, -0.05) is 0 Å². The molecule has 0 amide bonds. The van der Waals surface area contributed by atoms with Crippen LogP contribution in [0.3, 0.4) is 0 Å². The Morgan fingerprint density at radius 2 is 1.72 bits per heavy atom. The first-order valence-electron chi connectivity index (χ1n) is 5.45. The van der Waals surface area contributed by atoms with Crippen molar-refractivity contribution in [3.63, 3.8) is 0 Å². The molecular formula is C12H16BrF2NOS. The Bertz CT molecular complexity index is 414. The highest BCUT2D eigenvalue weighted by Gasteiger charge is 2.28. The van der Waals surface area contributed by atoms with E-state index in [0.29, 0.717) is 5.56 Å². The van der Waals surface area contributed by atoms with Crippen molar-refractivity contribution in [2.75, 3.05) is 0 Å². The summed E-state index contributed by atoms with van der Waals surface area (Å²) in [6.07, 6.45) is 0. The van der Waals surface area contributed by atoms with Gasteiger partial charge >= 0.3 is 0 Å². The van der Waals surface area contributed by atoms with Gasteiger partial charge in [-0.3, -0.25) is 0 Å². The third-order valence-corrected chi connectivity index (χ3v) is 4.78. The predicted molar refractivity (Wildman–Crippen MR) is 73.5 cm³/mol. The molecule has 0 fully saturated rings. The van der Waals surface area contributed by atoms with Crippen LogP contribution in [0.25, 0.3) is 0 Å². The molecule has 1 unspecified atom stereocenters. The maximum absolute atomic E-state index is 13.4. The van der Waals surface area contributed by atoms with Crippen LogP contribution >= 0.6 is 15.9 Å². The number of benzene rings is 1. The van der Waals surface area contributed by atoms with Crippen molar-refractivity contribution in [3.05, 3.63) is 33.8 Å². The molecule has 2 atom stereocenters. The number of hydrogen-bond acceptors (Lipinski definition) is 2. The quantitative estimate of drug-likeness (QED) is 0.670. The zero-order valence-electron chi connectivity index (χ0n) is 10.7. The summed E-state index contributed by atoms with van der Waals surface area (Å²) in [4.78, 5) is 0. The van der Waals surface area contributed by atoms with Crippen LogP contribution in [0.4, 0.5) is 8.78 Å². The summed E-state index contributed by atoms with van der Waals surface area (Å²) in [5.74, 6) is -1.33. The summed E-state index contributed by atoms with van der Waals surface area (Å²) >= 11 is 1.52. The molecule has 1 aromatic carbocycles. The fourth-order valence-electron chi connectivity index (χ4n) is 1.23. The molecule has 102 valence electrons. The molecule has 0 spiro atoms.